The monoisotopic (exact) mass is 271 g/mol. The molecular formula is C12H17NO4S. The Kier molecular flexibility index (Phi) is 5.30. The van der Waals surface area contributed by atoms with Crippen molar-refractivity contribution in [2.75, 3.05) is 20.5 Å². The third-order valence-corrected chi connectivity index (χ3v) is 3.25. The first kappa shape index (κ1) is 14.7. The molecule has 0 spiro atoms. The second-order valence-electron chi connectivity index (χ2n) is 3.66. The summed E-state index contributed by atoms with van der Waals surface area (Å²) in [6.45, 7) is 0. The maximum atomic E-state index is 10.7. The minimum atomic E-state index is -0.928. The van der Waals surface area contributed by atoms with Gasteiger partial charge in [-0.15, -0.1) is 11.8 Å². The fourth-order valence-electron chi connectivity index (χ4n) is 1.62. The summed E-state index contributed by atoms with van der Waals surface area (Å²) < 4.78 is 10.5. The maximum absolute atomic E-state index is 10.7. The van der Waals surface area contributed by atoms with Gasteiger partial charge in [-0.25, -0.2) is 0 Å². The summed E-state index contributed by atoms with van der Waals surface area (Å²) in [6, 6.07) is 2.99. The molecule has 0 bridgehead atoms. The van der Waals surface area contributed by atoms with Gasteiger partial charge in [0.1, 0.15) is 0 Å². The normalized spacial score (nSPS) is 12.0. The first-order chi connectivity index (χ1) is 8.53. The Morgan fingerprint density at radius 1 is 1.44 bits per heavy atom. The molecule has 1 aromatic rings. The highest BCUT2D eigenvalue weighted by atomic mass is 32.2. The number of hydrogen-bond acceptors (Lipinski definition) is 5. The number of carboxylic acids is 1. The van der Waals surface area contributed by atoms with E-state index in [-0.39, 0.29) is 6.42 Å². The molecule has 0 fully saturated rings. The zero-order chi connectivity index (χ0) is 13.7. The smallest absolute Gasteiger partial charge is 0.305 e. The van der Waals surface area contributed by atoms with Crippen LogP contribution in [0.3, 0.4) is 0 Å². The molecule has 0 aliphatic rings. The van der Waals surface area contributed by atoms with Crippen molar-refractivity contribution in [2.24, 2.45) is 5.73 Å². The lowest BCUT2D eigenvalue weighted by atomic mass is 10.0. The predicted octanol–water partition coefficient (Wildman–Crippen LogP) is 1.90. The van der Waals surface area contributed by atoms with Crippen LogP contribution in [-0.2, 0) is 4.79 Å². The van der Waals surface area contributed by atoms with Crippen LogP contribution in [-0.4, -0.2) is 31.6 Å². The summed E-state index contributed by atoms with van der Waals surface area (Å²) in [5.41, 5.74) is 6.57. The van der Waals surface area contributed by atoms with Gasteiger partial charge in [0, 0.05) is 6.04 Å². The van der Waals surface area contributed by atoms with Gasteiger partial charge >= 0.3 is 5.97 Å². The molecule has 3 N–H and O–H groups in total. The van der Waals surface area contributed by atoms with E-state index < -0.39 is 12.0 Å². The van der Waals surface area contributed by atoms with Crippen molar-refractivity contribution in [3.63, 3.8) is 0 Å². The molecule has 1 aromatic carbocycles. The van der Waals surface area contributed by atoms with Gasteiger partial charge in [-0.05, 0) is 24.0 Å². The lowest BCUT2D eigenvalue weighted by Crippen LogP contribution is -2.15. The Morgan fingerprint density at radius 2 is 2.11 bits per heavy atom. The van der Waals surface area contributed by atoms with Crippen molar-refractivity contribution in [1.82, 2.24) is 0 Å². The van der Waals surface area contributed by atoms with Crippen LogP contribution in [0, 0.1) is 0 Å². The van der Waals surface area contributed by atoms with Crippen LogP contribution in [0.4, 0.5) is 0 Å². The second kappa shape index (κ2) is 6.51. The summed E-state index contributed by atoms with van der Waals surface area (Å²) in [5.74, 6) is 0.263. The maximum Gasteiger partial charge on any atom is 0.305 e. The van der Waals surface area contributed by atoms with Crippen molar-refractivity contribution in [3.05, 3.63) is 17.7 Å². The first-order valence-electron chi connectivity index (χ1n) is 5.30. The molecule has 1 rings (SSSR count). The van der Waals surface area contributed by atoms with E-state index in [9.17, 15) is 4.79 Å². The van der Waals surface area contributed by atoms with Gasteiger partial charge in [-0.1, -0.05) is 0 Å². The van der Waals surface area contributed by atoms with Crippen LogP contribution in [0.15, 0.2) is 17.0 Å². The minimum absolute atomic E-state index is 0.122. The molecule has 1 atom stereocenters. The number of aliphatic carboxylic acids is 1. The van der Waals surface area contributed by atoms with E-state index in [4.69, 9.17) is 20.3 Å². The highest BCUT2D eigenvalue weighted by molar-refractivity contribution is 7.98. The van der Waals surface area contributed by atoms with Crippen molar-refractivity contribution < 1.29 is 19.4 Å². The number of methoxy groups -OCH3 is 2. The van der Waals surface area contributed by atoms with E-state index in [0.29, 0.717) is 11.5 Å². The molecule has 5 nitrogen and oxygen atoms in total. The van der Waals surface area contributed by atoms with Gasteiger partial charge in [0.15, 0.2) is 11.5 Å². The number of nitrogens with two attached hydrogens (primary N) is 1. The Hall–Kier alpha value is -1.40. The molecule has 0 saturated heterocycles. The Labute approximate surface area is 110 Å². The van der Waals surface area contributed by atoms with Gasteiger partial charge < -0.3 is 20.3 Å². The van der Waals surface area contributed by atoms with Gasteiger partial charge in [0.05, 0.1) is 25.5 Å². The molecule has 0 saturated carbocycles. The fourth-order valence-corrected chi connectivity index (χ4v) is 2.24. The molecule has 6 heteroatoms. The zero-order valence-corrected chi connectivity index (χ0v) is 11.4. The van der Waals surface area contributed by atoms with Gasteiger partial charge in [0.2, 0.25) is 0 Å². The second-order valence-corrected chi connectivity index (χ2v) is 4.51. The fraction of sp³-hybridized carbons (Fsp3) is 0.417. The summed E-state index contributed by atoms with van der Waals surface area (Å²) in [7, 11) is 3.10. The third-order valence-electron chi connectivity index (χ3n) is 2.51. The van der Waals surface area contributed by atoms with Gasteiger partial charge in [-0.3, -0.25) is 4.79 Å². The summed E-state index contributed by atoms with van der Waals surface area (Å²) >= 11 is 1.49. The number of ether oxygens (including phenoxy) is 2. The molecule has 100 valence electrons. The Balaban J connectivity index is 3.18. The predicted molar refractivity (Wildman–Crippen MR) is 70.5 cm³/mol. The van der Waals surface area contributed by atoms with Crippen LogP contribution >= 0.6 is 11.8 Å². The Bertz CT molecular complexity index is 411. The first-order valence-corrected chi connectivity index (χ1v) is 6.53. The van der Waals surface area contributed by atoms with Crippen LogP contribution in [0.25, 0.3) is 0 Å². The number of hydrogen-bond donors (Lipinski definition) is 2. The van der Waals surface area contributed by atoms with Crippen molar-refractivity contribution in [2.45, 2.75) is 17.4 Å². The number of thioether (sulfide) groups is 1. The van der Waals surface area contributed by atoms with E-state index >= 15 is 0 Å². The van der Waals surface area contributed by atoms with Crippen LogP contribution < -0.4 is 15.2 Å². The molecule has 1 unspecified atom stereocenters. The van der Waals surface area contributed by atoms with Crippen LogP contribution in [0.2, 0.25) is 0 Å². The SMILES string of the molecule is COc1cc(C(N)CC(=O)O)cc(SC)c1OC. The molecule has 0 heterocycles. The molecule has 0 aliphatic carbocycles. The van der Waals surface area contributed by atoms with E-state index in [0.717, 1.165) is 10.5 Å². The number of carboxylic acid groups (broad SMARTS) is 1. The lowest BCUT2D eigenvalue weighted by molar-refractivity contribution is -0.137. The molecular weight excluding hydrogens is 254 g/mol. The largest absolute Gasteiger partial charge is 0.493 e. The lowest BCUT2D eigenvalue weighted by Gasteiger charge is -2.16. The van der Waals surface area contributed by atoms with Gasteiger partial charge in [-0.2, -0.15) is 0 Å². The van der Waals surface area contributed by atoms with Crippen molar-refractivity contribution in [3.8, 4) is 11.5 Å². The summed E-state index contributed by atoms with van der Waals surface area (Å²) in [4.78, 5) is 11.5. The average Bonchev–Trinajstić information content (AvgIpc) is 2.35. The Morgan fingerprint density at radius 3 is 2.56 bits per heavy atom. The van der Waals surface area contributed by atoms with Gasteiger partial charge in [0.25, 0.3) is 0 Å². The number of rotatable bonds is 6. The highest BCUT2D eigenvalue weighted by Crippen LogP contribution is 2.39. The molecule has 0 aromatic heterocycles. The summed E-state index contributed by atoms with van der Waals surface area (Å²) in [6.07, 6.45) is 1.78. The third kappa shape index (κ3) is 3.30. The minimum Gasteiger partial charge on any atom is -0.493 e. The molecule has 0 aliphatic heterocycles. The highest BCUT2D eigenvalue weighted by Gasteiger charge is 2.17. The van der Waals surface area contributed by atoms with E-state index in [1.54, 1.807) is 13.2 Å². The quantitative estimate of drug-likeness (QED) is 0.769. The van der Waals surface area contributed by atoms with Crippen LogP contribution in [0.1, 0.15) is 18.0 Å². The molecule has 18 heavy (non-hydrogen) atoms. The number of benzene rings is 1. The average molecular weight is 271 g/mol. The molecule has 0 amide bonds. The summed E-state index contributed by atoms with van der Waals surface area (Å²) in [5, 5.41) is 8.76. The van der Waals surface area contributed by atoms with Crippen molar-refractivity contribution >= 4 is 17.7 Å². The van der Waals surface area contributed by atoms with E-state index in [2.05, 4.69) is 0 Å². The number of carbonyl (C=O) groups is 1. The van der Waals surface area contributed by atoms with E-state index in [1.165, 1.54) is 18.9 Å². The zero-order valence-electron chi connectivity index (χ0n) is 10.6. The standard InChI is InChI=1S/C12H17NO4S/c1-16-9-4-7(8(13)6-11(14)15)5-10(18-3)12(9)17-2/h4-5,8H,6,13H2,1-3H3,(H,14,15). The topological polar surface area (TPSA) is 81.8 Å². The van der Waals surface area contributed by atoms with E-state index in [1.807, 2.05) is 12.3 Å². The van der Waals surface area contributed by atoms with Crippen molar-refractivity contribution in [1.29, 1.82) is 0 Å². The molecule has 0 radical (unpaired) electrons. The van der Waals surface area contributed by atoms with Crippen LogP contribution in [0.5, 0.6) is 11.5 Å².